The second kappa shape index (κ2) is 6.22. The van der Waals surface area contributed by atoms with Gasteiger partial charge in [0.05, 0.1) is 4.90 Å². The zero-order chi connectivity index (χ0) is 14.8. The van der Waals surface area contributed by atoms with Gasteiger partial charge in [0, 0.05) is 32.2 Å². The minimum Gasteiger partial charge on any atom is -0.326 e. The van der Waals surface area contributed by atoms with E-state index in [0.29, 0.717) is 23.5 Å². The van der Waals surface area contributed by atoms with Crippen molar-refractivity contribution in [2.45, 2.75) is 30.8 Å². The van der Waals surface area contributed by atoms with E-state index in [-0.39, 0.29) is 12.6 Å². The highest BCUT2D eigenvalue weighted by Crippen LogP contribution is 2.23. The molecule has 2 N–H and O–H groups in total. The van der Waals surface area contributed by atoms with Gasteiger partial charge in [-0.3, -0.25) is 0 Å². The van der Waals surface area contributed by atoms with Gasteiger partial charge in [0.15, 0.2) is 0 Å². The minimum absolute atomic E-state index is 0.236. The molecule has 1 saturated heterocycles. The summed E-state index contributed by atoms with van der Waals surface area (Å²) in [5.41, 5.74) is 6.34. The first-order chi connectivity index (χ1) is 9.50. The van der Waals surface area contributed by atoms with E-state index in [9.17, 15) is 8.42 Å². The van der Waals surface area contributed by atoms with Crippen LogP contribution in [0.4, 0.5) is 0 Å². The Labute approximate surface area is 121 Å². The minimum atomic E-state index is -3.44. The van der Waals surface area contributed by atoms with E-state index in [1.54, 1.807) is 22.5 Å². The molecule has 0 radical (unpaired) electrons. The van der Waals surface area contributed by atoms with Gasteiger partial charge in [-0.2, -0.15) is 4.31 Å². The van der Waals surface area contributed by atoms with Gasteiger partial charge in [0.2, 0.25) is 10.0 Å². The SMILES string of the molecule is CCC1CN(S(=O)(=O)c2ccccc2CN)CCN1C. The Morgan fingerprint density at radius 2 is 2.00 bits per heavy atom. The number of piperazine rings is 1. The topological polar surface area (TPSA) is 66.6 Å². The van der Waals surface area contributed by atoms with E-state index in [1.165, 1.54) is 0 Å². The second-order valence-electron chi connectivity index (χ2n) is 5.22. The van der Waals surface area contributed by atoms with Crippen LogP contribution < -0.4 is 5.73 Å². The van der Waals surface area contributed by atoms with Gasteiger partial charge in [-0.25, -0.2) is 8.42 Å². The quantitative estimate of drug-likeness (QED) is 0.895. The number of nitrogens with zero attached hydrogens (tertiary/aromatic N) is 2. The Bertz CT molecular complexity index is 559. The summed E-state index contributed by atoms with van der Waals surface area (Å²) in [6.45, 7) is 4.18. The van der Waals surface area contributed by atoms with Gasteiger partial charge in [0.1, 0.15) is 0 Å². The first-order valence-electron chi connectivity index (χ1n) is 6.99. The molecule has 0 aromatic heterocycles. The lowest BCUT2D eigenvalue weighted by atomic mass is 10.1. The molecule has 0 spiro atoms. The number of benzene rings is 1. The van der Waals surface area contributed by atoms with Crippen LogP contribution in [0.2, 0.25) is 0 Å². The van der Waals surface area contributed by atoms with Crippen molar-refractivity contribution in [2.75, 3.05) is 26.7 Å². The molecule has 1 fully saturated rings. The molecule has 20 heavy (non-hydrogen) atoms. The molecular weight excluding hydrogens is 274 g/mol. The van der Waals surface area contributed by atoms with Crippen molar-refractivity contribution < 1.29 is 8.42 Å². The standard InChI is InChI=1S/C14H23N3O2S/c1-3-13-11-17(9-8-16(13)2)20(18,19)14-7-5-4-6-12(14)10-15/h4-7,13H,3,8-11,15H2,1-2H3. The monoisotopic (exact) mass is 297 g/mol. The van der Waals surface area contributed by atoms with Crippen LogP contribution in [-0.4, -0.2) is 50.3 Å². The van der Waals surface area contributed by atoms with Crippen LogP contribution in [0.1, 0.15) is 18.9 Å². The zero-order valence-corrected chi connectivity index (χ0v) is 12.9. The lowest BCUT2D eigenvalue weighted by Gasteiger charge is -2.38. The number of sulfonamides is 1. The molecule has 2 rings (SSSR count). The van der Waals surface area contributed by atoms with Crippen LogP contribution in [0.25, 0.3) is 0 Å². The number of likely N-dealkylation sites (N-methyl/N-ethyl adjacent to an activating group) is 1. The van der Waals surface area contributed by atoms with Gasteiger partial charge < -0.3 is 10.6 Å². The lowest BCUT2D eigenvalue weighted by Crippen LogP contribution is -2.52. The van der Waals surface area contributed by atoms with Crippen molar-refractivity contribution in [3.8, 4) is 0 Å². The van der Waals surface area contributed by atoms with Crippen molar-refractivity contribution in [1.82, 2.24) is 9.21 Å². The van der Waals surface area contributed by atoms with Gasteiger partial charge in [-0.15, -0.1) is 0 Å². The van der Waals surface area contributed by atoms with Gasteiger partial charge in [0.25, 0.3) is 0 Å². The van der Waals surface area contributed by atoms with Crippen molar-refractivity contribution in [3.05, 3.63) is 29.8 Å². The third kappa shape index (κ3) is 2.88. The zero-order valence-electron chi connectivity index (χ0n) is 12.1. The van der Waals surface area contributed by atoms with Crippen molar-refractivity contribution in [2.24, 2.45) is 5.73 Å². The number of hydrogen-bond donors (Lipinski definition) is 1. The molecule has 5 nitrogen and oxygen atoms in total. The Balaban J connectivity index is 2.31. The summed E-state index contributed by atoms with van der Waals surface area (Å²) in [5.74, 6) is 0. The summed E-state index contributed by atoms with van der Waals surface area (Å²) < 4.78 is 27.2. The first kappa shape index (κ1) is 15.4. The molecular formula is C14H23N3O2S. The van der Waals surface area contributed by atoms with Crippen molar-refractivity contribution in [1.29, 1.82) is 0 Å². The van der Waals surface area contributed by atoms with Crippen LogP contribution in [0.3, 0.4) is 0 Å². The fourth-order valence-corrected chi connectivity index (χ4v) is 4.34. The van der Waals surface area contributed by atoms with E-state index < -0.39 is 10.0 Å². The summed E-state index contributed by atoms with van der Waals surface area (Å²) in [4.78, 5) is 2.57. The van der Waals surface area contributed by atoms with E-state index in [0.717, 1.165) is 13.0 Å². The third-order valence-corrected chi connectivity index (χ3v) is 5.99. The van der Waals surface area contributed by atoms with Crippen LogP contribution in [0.5, 0.6) is 0 Å². The summed E-state index contributed by atoms with van der Waals surface area (Å²) in [6, 6.07) is 7.28. The molecule has 1 aromatic rings. The fraction of sp³-hybridized carbons (Fsp3) is 0.571. The maximum atomic E-state index is 12.8. The summed E-state index contributed by atoms with van der Waals surface area (Å²) >= 11 is 0. The van der Waals surface area contributed by atoms with Crippen LogP contribution >= 0.6 is 0 Å². The predicted molar refractivity (Wildman–Crippen MR) is 79.8 cm³/mol. The Morgan fingerprint density at radius 1 is 1.30 bits per heavy atom. The first-order valence-corrected chi connectivity index (χ1v) is 8.43. The predicted octanol–water partition coefficient (Wildman–Crippen LogP) is 0.860. The van der Waals surface area contributed by atoms with Crippen molar-refractivity contribution >= 4 is 10.0 Å². The lowest BCUT2D eigenvalue weighted by molar-refractivity contribution is 0.144. The summed E-state index contributed by atoms with van der Waals surface area (Å²) in [5, 5.41) is 0. The van der Waals surface area contributed by atoms with Crippen molar-refractivity contribution in [3.63, 3.8) is 0 Å². The summed E-state index contributed by atoms with van der Waals surface area (Å²) in [6.07, 6.45) is 0.945. The second-order valence-corrected chi connectivity index (χ2v) is 7.12. The molecule has 1 aliphatic rings. The largest absolute Gasteiger partial charge is 0.326 e. The smallest absolute Gasteiger partial charge is 0.243 e. The third-order valence-electron chi connectivity index (χ3n) is 4.02. The molecule has 0 bridgehead atoms. The number of nitrogens with two attached hydrogens (primary N) is 1. The molecule has 0 saturated carbocycles. The Hall–Kier alpha value is -0.950. The van der Waals surface area contributed by atoms with Gasteiger partial charge >= 0.3 is 0 Å². The van der Waals surface area contributed by atoms with Gasteiger partial charge in [-0.05, 0) is 25.1 Å². The van der Waals surface area contributed by atoms with Crippen LogP contribution in [-0.2, 0) is 16.6 Å². The highest BCUT2D eigenvalue weighted by molar-refractivity contribution is 7.89. The fourth-order valence-electron chi connectivity index (χ4n) is 2.64. The summed E-state index contributed by atoms with van der Waals surface area (Å²) in [7, 11) is -1.40. The molecule has 1 unspecified atom stereocenters. The van der Waals surface area contributed by atoms with Crippen LogP contribution in [0.15, 0.2) is 29.2 Å². The molecule has 112 valence electrons. The molecule has 0 aliphatic carbocycles. The molecule has 6 heteroatoms. The molecule has 1 aliphatic heterocycles. The molecule has 1 heterocycles. The average molecular weight is 297 g/mol. The van der Waals surface area contributed by atoms with E-state index in [2.05, 4.69) is 11.8 Å². The van der Waals surface area contributed by atoms with Crippen LogP contribution in [0, 0.1) is 0 Å². The maximum absolute atomic E-state index is 12.8. The molecule has 1 atom stereocenters. The highest BCUT2D eigenvalue weighted by atomic mass is 32.2. The van der Waals surface area contributed by atoms with E-state index >= 15 is 0 Å². The van der Waals surface area contributed by atoms with Gasteiger partial charge in [-0.1, -0.05) is 25.1 Å². The number of hydrogen-bond acceptors (Lipinski definition) is 4. The Kier molecular flexibility index (Phi) is 4.80. The highest BCUT2D eigenvalue weighted by Gasteiger charge is 2.32. The van der Waals surface area contributed by atoms with E-state index in [1.807, 2.05) is 13.1 Å². The number of rotatable bonds is 4. The average Bonchev–Trinajstić information content (AvgIpc) is 2.47. The maximum Gasteiger partial charge on any atom is 0.243 e. The normalized spacial score (nSPS) is 22.1. The van der Waals surface area contributed by atoms with E-state index in [4.69, 9.17) is 5.73 Å². The molecule has 0 amide bonds. The molecule has 1 aromatic carbocycles. The Morgan fingerprint density at radius 3 is 2.65 bits per heavy atom.